The Bertz CT molecular complexity index is 617. The number of carbonyl (C=O) groups is 1. The van der Waals surface area contributed by atoms with E-state index in [1.807, 2.05) is 6.92 Å². The molecule has 1 aromatic heterocycles. The number of ether oxygens (including phenoxy) is 1. The fourth-order valence-electron chi connectivity index (χ4n) is 1.50. The van der Waals surface area contributed by atoms with Gasteiger partial charge in [-0.15, -0.1) is 0 Å². The van der Waals surface area contributed by atoms with Gasteiger partial charge in [0.15, 0.2) is 0 Å². The number of hydrogen-bond donors (Lipinski definition) is 1. The Kier molecular flexibility index (Phi) is 4.31. The van der Waals surface area contributed by atoms with Gasteiger partial charge in [-0.3, -0.25) is 0 Å². The molecule has 2 rings (SSSR count). The molecule has 98 valence electrons. The number of benzene rings is 1. The van der Waals surface area contributed by atoms with Crippen molar-refractivity contribution in [1.29, 1.82) is 0 Å². The van der Waals surface area contributed by atoms with E-state index in [9.17, 15) is 4.79 Å². The average molecular weight is 370 g/mol. The molecular weight excluding hydrogens is 359 g/mol. The van der Waals surface area contributed by atoms with E-state index < -0.39 is 5.97 Å². The highest BCUT2D eigenvalue weighted by Crippen LogP contribution is 2.26. The Labute approximate surface area is 123 Å². The first-order valence-corrected chi connectivity index (χ1v) is 6.69. The van der Waals surface area contributed by atoms with E-state index in [1.165, 1.54) is 6.33 Å². The largest absolute Gasteiger partial charge is 0.478 e. The summed E-state index contributed by atoms with van der Waals surface area (Å²) < 4.78 is 6.37. The van der Waals surface area contributed by atoms with Crippen LogP contribution in [-0.4, -0.2) is 21.0 Å². The summed E-state index contributed by atoms with van der Waals surface area (Å²) in [6.45, 7) is 1.97. The van der Waals surface area contributed by atoms with Crippen LogP contribution in [0.2, 0.25) is 0 Å². The van der Waals surface area contributed by atoms with Crippen LogP contribution in [0, 0.1) is 3.57 Å². The molecule has 0 aliphatic carbocycles. The van der Waals surface area contributed by atoms with Crippen LogP contribution in [0.4, 0.5) is 0 Å². The molecule has 6 heteroatoms. The first-order valence-electron chi connectivity index (χ1n) is 5.61. The van der Waals surface area contributed by atoms with Crippen molar-refractivity contribution in [2.24, 2.45) is 0 Å². The zero-order valence-corrected chi connectivity index (χ0v) is 12.3. The molecule has 0 fully saturated rings. The number of halogens is 1. The molecule has 0 unspecified atom stereocenters. The van der Waals surface area contributed by atoms with E-state index in [0.29, 0.717) is 5.88 Å². The summed E-state index contributed by atoms with van der Waals surface area (Å²) in [6, 6.07) is 6.66. The van der Waals surface area contributed by atoms with Gasteiger partial charge in [0.2, 0.25) is 5.88 Å². The molecule has 19 heavy (non-hydrogen) atoms. The first kappa shape index (κ1) is 13.7. The van der Waals surface area contributed by atoms with E-state index >= 15 is 0 Å². The molecule has 0 bridgehead atoms. The predicted octanol–water partition coefficient (Wildman–Crippen LogP) is 3.13. The van der Waals surface area contributed by atoms with Gasteiger partial charge in [-0.1, -0.05) is 6.92 Å². The van der Waals surface area contributed by atoms with Gasteiger partial charge >= 0.3 is 5.97 Å². The van der Waals surface area contributed by atoms with Crippen molar-refractivity contribution in [1.82, 2.24) is 9.97 Å². The maximum Gasteiger partial charge on any atom is 0.339 e. The molecule has 1 N–H and O–H groups in total. The summed E-state index contributed by atoms with van der Waals surface area (Å²) in [5.74, 6) is -0.414. The van der Waals surface area contributed by atoms with Gasteiger partial charge < -0.3 is 9.84 Å². The Hall–Kier alpha value is -1.70. The molecule has 0 aliphatic rings. The molecule has 0 atom stereocenters. The SMILES string of the molecule is CCc1cc(Oc2ccc(I)cc2C(=O)O)ncn1. The van der Waals surface area contributed by atoms with Crippen molar-refractivity contribution in [2.45, 2.75) is 13.3 Å². The van der Waals surface area contributed by atoms with Gasteiger partial charge in [-0.25, -0.2) is 14.8 Å². The Morgan fingerprint density at radius 2 is 2.16 bits per heavy atom. The van der Waals surface area contributed by atoms with Gasteiger partial charge in [-0.05, 0) is 47.2 Å². The maximum absolute atomic E-state index is 11.2. The number of aryl methyl sites for hydroxylation is 1. The minimum atomic E-state index is -1.03. The van der Waals surface area contributed by atoms with Gasteiger partial charge in [0.1, 0.15) is 17.6 Å². The van der Waals surface area contributed by atoms with E-state index in [2.05, 4.69) is 32.6 Å². The van der Waals surface area contributed by atoms with Crippen LogP contribution in [0.1, 0.15) is 23.0 Å². The highest BCUT2D eigenvalue weighted by Gasteiger charge is 2.13. The van der Waals surface area contributed by atoms with E-state index in [4.69, 9.17) is 9.84 Å². The van der Waals surface area contributed by atoms with Crippen molar-refractivity contribution >= 4 is 28.6 Å². The Balaban J connectivity index is 2.34. The lowest BCUT2D eigenvalue weighted by Crippen LogP contribution is -2.01. The van der Waals surface area contributed by atoms with Crippen molar-refractivity contribution in [3.8, 4) is 11.6 Å². The summed E-state index contributed by atoms with van der Waals surface area (Å²) in [6.07, 6.45) is 2.17. The number of nitrogens with zero attached hydrogens (tertiary/aromatic N) is 2. The second-order valence-corrected chi connectivity index (χ2v) is 4.99. The van der Waals surface area contributed by atoms with Gasteiger partial charge in [-0.2, -0.15) is 0 Å². The number of carboxylic acids is 1. The molecule has 0 radical (unpaired) electrons. The normalized spacial score (nSPS) is 10.2. The van der Waals surface area contributed by atoms with Crippen LogP contribution in [0.3, 0.4) is 0 Å². The molecule has 0 saturated heterocycles. The lowest BCUT2D eigenvalue weighted by molar-refractivity contribution is 0.0694. The first-order chi connectivity index (χ1) is 9.10. The van der Waals surface area contributed by atoms with E-state index in [-0.39, 0.29) is 11.3 Å². The number of aromatic carboxylic acids is 1. The van der Waals surface area contributed by atoms with Crippen LogP contribution >= 0.6 is 22.6 Å². The third-order valence-corrected chi connectivity index (χ3v) is 3.12. The summed E-state index contributed by atoms with van der Waals surface area (Å²) in [5.41, 5.74) is 0.955. The highest BCUT2D eigenvalue weighted by atomic mass is 127. The van der Waals surface area contributed by atoms with Crippen molar-refractivity contribution in [3.63, 3.8) is 0 Å². The minimum Gasteiger partial charge on any atom is -0.478 e. The molecular formula is C13H11IN2O3. The smallest absolute Gasteiger partial charge is 0.339 e. The minimum absolute atomic E-state index is 0.114. The fraction of sp³-hybridized carbons (Fsp3) is 0.154. The Morgan fingerprint density at radius 3 is 2.84 bits per heavy atom. The number of carboxylic acid groups (broad SMARTS) is 1. The van der Waals surface area contributed by atoms with Gasteiger partial charge in [0.05, 0.1) is 0 Å². The van der Waals surface area contributed by atoms with Crippen LogP contribution in [0.5, 0.6) is 11.6 Å². The third kappa shape index (κ3) is 3.40. The van der Waals surface area contributed by atoms with E-state index in [1.54, 1.807) is 24.3 Å². The van der Waals surface area contributed by atoms with Crippen LogP contribution in [0.15, 0.2) is 30.6 Å². The quantitative estimate of drug-likeness (QED) is 0.838. The number of rotatable bonds is 4. The lowest BCUT2D eigenvalue weighted by atomic mass is 10.2. The van der Waals surface area contributed by atoms with Crippen molar-refractivity contribution in [2.75, 3.05) is 0 Å². The van der Waals surface area contributed by atoms with Crippen LogP contribution in [-0.2, 0) is 6.42 Å². The zero-order chi connectivity index (χ0) is 13.8. The predicted molar refractivity (Wildman–Crippen MR) is 77.6 cm³/mol. The van der Waals surface area contributed by atoms with Crippen LogP contribution < -0.4 is 4.74 Å². The molecule has 1 heterocycles. The third-order valence-electron chi connectivity index (χ3n) is 2.45. The second kappa shape index (κ2) is 5.96. The Morgan fingerprint density at radius 1 is 1.37 bits per heavy atom. The monoisotopic (exact) mass is 370 g/mol. The molecule has 0 saturated carbocycles. The zero-order valence-electron chi connectivity index (χ0n) is 10.1. The number of hydrogen-bond acceptors (Lipinski definition) is 4. The highest BCUT2D eigenvalue weighted by molar-refractivity contribution is 14.1. The van der Waals surface area contributed by atoms with Crippen LogP contribution in [0.25, 0.3) is 0 Å². The van der Waals surface area contributed by atoms with Crippen molar-refractivity contribution < 1.29 is 14.6 Å². The van der Waals surface area contributed by atoms with Gasteiger partial charge in [0, 0.05) is 15.3 Å². The average Bonchev–Trinajstić information content (AvgIpc) is 2.41. The van der Waals surface area contributed by atoms with Crippen molar-refractivity contribution in [3.05, 3.63) is 45.4 Å². The molecule has 0 amide bonds. The standard InChI is InChI=1S/C13H11IN2O3/c1-2-9-6-12(16-7-15-9)19-11-4-3-8(14)5-10(11)13(17)18/h3-7H,2H2,1H3,(H,17,18). The fourth-order valence-corrected chi connectivity index (χ4v) is 1.99. The topological polar surface area (TPSA) is 72.3 Å². The molecule has 5 nitrogen and oxygen atoms in total. The lowest BCUT2D eigenvalue weighted by Gasteiger charge is -2.08. The second-order valence-electron chi connectivity index (χ2n) is 3.75. The van der Waals surface area contributed by atoms with E-state index in [0.717, 1.165) is 15.7 Å². The summed E-state index contributed by atoms with van der Waals surface area (Å²) in [7, 11) is 0. The molecule has 2 aromatic rings. The summed E-state index contributed by atoms with van der Waals surface area (Å²) in [4.78, 5) is 19.2. The summed E-state index contributed by atoms with van der Waals surface area (Å²) in [5, 5.41) is 9.15. The van der Waals surface area contributed by atoms with Gasteiger partial charge in [0.25, 0.3) is 0 Å². The molecule has 0 aliphatic heterocycles. The summed E-state index contributed by atoms with van der Waals surface area (Å²) >= 11 is 2.05. The number of aromatic nitrogens is 2. The maximum atomic E-state index is 11.2. The molecule has 1 aromatic carbocycles. The molecule has 0 spiro atoms.